The number of hydrogen-bond acceptors (Lipinski definition) is 7. The fraction of sp³-hybridized carbons (Fsp3) is 0.294. The fourth-order valence-corrected chi connectivity index (χ4v) is 6.73. The number of rotatable bonds is 13. The molecule has 4 aromatic rings. The van der Waals surface area contributed by atoms with E-state index < -0.39 is 40.5 Å². The van der Waals surface area contributed by atoms with Crippen LogP contribution in [0.3, 0.4) is 0 Å². The van der Waals surface area contributed by atoms with Gasteiger partial charge in [0.15, 0.2) is 16.1 Å². The number of methoxy groups -OCH3 is 1. The molecule has 0 bridgehead atoms. The second-order valence-corrected chi connectivity index (χ2v) is 13.2. The molecule has 0 aromatic heterocycles. The van der Waals surface area contributed by atoms with E-state index in [4.69, 9.17) is 23.7 Å². The maximum absolute atomic E-state index is 13.6. The van der Waals surface area contributed by atoms with Gasteiger partial charge >= 0.3 is 0 Å². The van der Waals surface area contributed by atoms with Crippen molar-refractivity contribution in [3.63, 3.8) is 0 Å². The highest BCUT2D eigenvalue weighted by Crippen LogP contribution is 2.32. The number of benzene rings is 4. The van der Waals surface area contributed by atoms with Crippen molar-refractivity contribution in [2.75, 3.05) is 12.9 Å². The summed E-state index contributed by atoms with van der Waals surface area (Å²) < 4.78 is 59.7. The molecule has 0 saturated carbocycles. The molecular formula is C34H35BrO7S. The molecule has 226 valence electrons. The predicted molar refractivity (Wildman–Crippen MR) is 167 cm³/mol. The Morgan fingerprint density at radius 2 is 1.07 bits per heavy atom. The quantitative estimate of drug-likeness (QED) is 0.165. The van der Waals surface area contributed by atoms with E-state index >= 15 is 0 Å². The monoisotopic (exact) mass is 666 g/mol. The molecular weight excluding hydrogens is 632 g/mol. The summed E-state index contributed by atoms with van der Waals surface area (Å²) in [6, 6.07) is 35.8. The van der Waals surface area contributed by atoms with E-state index in [1.807, 2.05) is 91.0 Å². The third-order valence-electron chi connectivity index (χ3n) is 7.24. The minimum absolute atomic E-state index is 0.194. The Hall–Kier alpha value is -2.89. The van der Waals surface area contributed by atoms with Gasteiger partial charge in [-0.3, -0.25) is 0 Å². The molecule has 1 aliphatic rings. The number of halogens is 1. The molecule has 2 unspecified atom stereocenters. The normalized spacial score (nSPS) is 22.3. The highest BCUT2D eigenvalue weighted by atomic mass is 79.9. The van der Waals surface area contributed by atoms with Crippen LogP contribution in [-0.2, 0) is 53.3 Å². The van der Waals surface area contributed by atoms with Crippen molar-refractivity contribution >= 4 is 25.8 Å². The van der Waals surface area contributed by atoms with Crippen LogP contribution in [0.15, 0.2) is 125 Å². The maximum Gasteiger partial charge on any atom is 0.186 e. The van der Waals surface area contributed by atoms with Crippen LogP contribution in [0.4, 0.5) is 0 Å². The van der Waals surface area contributed by atoms with E-state index in [1.54, 1.807) is 24.3 Å². The van der Waals surface area contributed by atoms with Crippen molar-refractivity contribution in [3.8, 4) is 0 Å². The highest BCUT2D eigenvalue weighted by Gasteiger charge is 2.50. The van der Waals surface area contributed by atoms with Crippen LogP contribution < -0.4 is 0 Å². The molecule has 0 spiro atoms. The van der Waals surface area contributed by atoms with Crippen molar-refractivity contribution < 1.29 is 32.1 Å². The molecule has 1 aliphatic heterocycles. The smallest absolute Gasteiger partial charge is 0.186 e. The maximum atomic E-state index is 13.6. The molecule has 0 amide bonds. The summed E-state index contributed by atoms with van der Waals surface area (Å²) in [5.74, 6) is -0.329. The van der Waals surface area contributed by atoms with Gasteiger partial charge in [0.25, 0.3) is 0 Å². The SMILES string of the molecule is CO[C@@H]1OC(CS(=O)(=O)c2ccc(Br)cc2)[C@H](OCc2ccccc2)[C@H](OCc2ccccc2)C1OCc1ccccc1. The zero-order chi connectivity index (χ0) is 30.1. The van der Waals surface area contributed by atoms with Crippen LogP contribution in [0, 0.1) is 0 Å². The largest absolute Gasteiger partial charge is 0.368 e. The van der Waals surface area contributed by atoms with Crippen LogP contribution in [-0.4, -0.2) is 52.0 Å². The Morgan fingerprint density at radius 3 is 1.53 bits per heavy atom. The van der Waals surface area contributed by atoms with Gasteiger partial charge in [-0.25, -0.2) is 8.42 Å². The fourth-order valence-electron chi connectivity index (χ4n) is 5.02. The molecule has 0 radical (unpaired) electrons. The lowest BCUT2D eigenvalue weighted by atomic mass is 9.98. The van der Waals surface area contributed by atoms with Gasteiger partial charge in [-0.2, -0.15) is 0 Å². The molecule has 1 heterocycles. The Balaban J connectivity index is 1.47. The zero-order valence-corrected chi connectivity index (χ0v) is 26.2. The van der Waals surface area contributed by atoms with Crippen LogP contribution in [0.2, 0.25) is 0 Å². The van der Waals surface area contributed by atoms with Crippen LogP contribution in [0.25, 0.3) is 0 Å². The van der Waals surface area contributed by atoms with Gasteiger partial charge in [-0.1, -0.05) is 107 Å². The van der Waals surface area contributed by atoms with Crippen LogP contribution >= 0.6 is 15.9 Å². The highest BCUT2D eigenvalue weighted by molar-refractivity contribution is 9.10. The van der Waals surface area contributed by atoms with E-state index in [2.05, 4.69) is 15.9 Å². The topological polar surface area (TPSA) is 80.3 Å². The molecule has 4 aromatic carbocycles. The molecule has 0 aliphatic carbocycles. The van der Waals surface area contributed by atoms with Crippen molar-refractivity contribution in [1.82, 2.24) is 0 Å². The van der Waals surface area contributed by atoms with E-state index in [1.165, 1.54) is 7.11 Å². The van der Waals surface area contributed by atoms with Crippen molar-refractivity contribution in [2.24, 2.45) is 0 Å². The molecule has 7 nitrogen and oxygen atoms in total. The zero-order valence-electron chi connectivity index (χ0n) is 23.8. The van der Waals surface area contributed by atoms with E-state index in [9.17, 15) is 8.42 Å². The average Bonchev–Trinajstić information content (AvgIpc) is 3.03. The second-order valence-electron chi connectivity index (χ2n) is 10.3. The van der Waals surface area contributed by atoms with Crippen molar-refractivity contribution in [3.05, 3.63) is 136 Å². The van der Waals surface area contributed by atoms with Crippen LogP contribution in [0.5, 0.6) is 0 Å². The lowest BCUT2D eigenvalue weighted by Crippen LogP contribution is -2.62. The molecule has 0 N–H and O–H groups in total. The molecule has 5 atom stereocenters. The Bertz CT molecular complexity index is 1500. The molecule has 5 rings (SSSR count). The second kappa shape index (κ2) is 15.2. The summed E-state index contributed by atoms with van der Waals surface area (Å²) in [5.41, 5.74) is 2.88. The van der Waals surface area contributed by atoms with Gasteiger partial charge in [0.2, 0.25) is 0 Å². The standard InChI is InChI=1S/C34H35BrO7S/c1-38-34-33(41-23-27-15-9-4-10-16-27)32(40-22-26-13-7-3-8-14-26)31(39-21-25-11-5-2-6-12-25)30(42-34)24-43(36,37)29-19-17-28(35)18-20-29/h2-20,30-34H,21-24H2,1H3/t30?,31-,32-,33?,34+/m0/s1. The number of sulfone groups is 1. The number of hydrogen-bond donors (Lipinski definition) is 0. The minimum atomic E-state index is -3.77. The van der Waals surface area contributed by atoms with Gasteiger partial charge in [0.1, 0.15) is 24.4 Å². The van der Waals surface area contributed by atoms with Crippen LogP contribution in [0.1, 0.15) is 16.7 Å². The van der Waals surface area contributed by atoms with Gasteiger partial charge in [-0.15, -0.1) is 0 Å². The molecule has 1 fully saturated rings. The minimum Gasteiger partial charge on any atom is -0.368 e. The lowest BCUT2D eigenvalue weighted by molar-refractivity contribution is -0.313. The predicted octanol–water partition coefficient (Wildman–Crippen LogP) is 6.35. The summed E-state index contributed by atoms with van der Waals surface area (Å²) in [6.07, 6.45) is -4.01. The van der Waals surface area contributed by atoms with E-state index in [-0.39, 0.29) is 30.5 Å². The summed E-state index contributed by atoms with van der Waals surface area (Å²) in [5, 5.41) is 0. The first kappa shape index (κ1) is 31.5. The van der Waals surface area contributed by atoms with Gasteiger partial charge in [0.05, 0.1) is 30.5 Å². The van der Waals surface area contributed by atoms with Gasteiger partial charge in [0, 0.05) is 11.6 Å². The van der Waals surface area contributed by atoms with E-state index in [0.717, 1.165) is 21.2 Å². The summed E-state index contributed by atoms with van der Waals surface area (Å²) in [6.45, 7) is 0.787. The first-order chi connectivity index (χ1) is 20.9. The molecule has 1 saturated heterocycles. The van der Waals surface area contributed by atoms with Crippen molar-refractivity contribution in [2.45, 2.75) is 55.4 Å². The first-order valence-electron chi connectivity index (χ1n) is 14.1. The summed E-state index contributed by atoms with van der Waals surface area (Å²) in [7, 11) is -2.25. The Labute approximate surface area is 261 Å². The van der Waals surface area contributed by atoms with E-state index in [0.29, 0.717) is 0 Å². The Morgan fingerprint density at radius 1 is 0.628 bits per heavy atom. The lowest BCUT2D eigenvalue weighted by Gasteiger charge is -2.45. The third-order valence-corrected chi connectivity index (χ3v) is 9.52. The molecule has 43 heavy (non-hydrogen) atoms. The Kier molecular flexibility index (Phi) is 11.2. The summed E-state index contributed by atoms with van der Waals surface area (Å²) in [4.78, 5) is 0.194. The molecule has 9 heteroatoms. The third kappa shape index (κ3) is 8.61. The summed E-state index contributed by atoms with van der Waals surface area (Å²) >= 11 is 3.38. The van der Waals surface area contributed by atoms with Gasteiger partial charge < -0.3 is 23.7 Å². The van der Waals surface area contributed by atoms with Gasteiger partial charge in [-0.05, 0) is 41.0 Å². The first-order valence-corrected chi connectivity index (χ1v) is 16.5. The van der Waals surface area contributed by atoms with Crippen molar-refractivity contribution in [1.29, 1.82) is 0 Å². The average molecular weight is 668 g/mol. The number of ether oxygens (including phenoxy) is 5.